The van der Waals surface area contributed by atoms with Crippen molar-refractivity contribution >= 4 is 24.0 Å². The molecule has 0 aliphatic heterocycles. The van der Waals surface area contributed by atoms with E-state index in [1.807, 2.05) is 63.2 Å². The first-order valence-electron chi connectivity index (χ1n) is 8.42. The van der Waals surface area contributed by atoms with Gasteiger partial charge in [0.15, 0.2) is 11.5 Å². The highest BCUT2D eigenvalue weighted by molar-refractivity contribution is 6.30. The summed E-state index contributed by atoms with van der Waals surface area (Å²) < 4.78 is 11.6. The molecule has 0 aliphatic carbocycles. The standard InChI is InChI=1S/C20H26ClNO3.ClH/c1-4-24-19-11-16(12-22-20(2,3)14-23)7-10-18(19)25-13-15-5-8-17(21)9-6-15;/h5-11,22-23H,4,12-14H2,1-3H3;1H. The Labute approximate surface area is 166 Å². The Kier molecular flexibility index (Phi) is 9.23. The van der Waals surface area contributed by atoms with Gasteiger partial charge in [0, 0.05) is 17.1 Å². The molecule has 6 heteroatoms. The van der Waals surface area contributed by atoms with Gasteiger partial charge < -0.3 is 19.9 Å². The summed E-state index contributed by atoms with van der Waals surface area (Å²) in [6, 6.07) is 13.5. The molecule has 26 heavy (non-hydrogen) atoms. The number of halogens is 2. The van der Waals surface area contributed by atoms with E-state index in [0.717, 1.165) is 16.9 Å². The normalized spacial score (nSPS) is 11.0. The minimum atomic E-state index is -0.324. The van der Waals surface area contributed by atoms with Crippen molar-refractivity contribution in [3.05, 3.63) is 58.6 Å². The Morgan fingerprint density at radius 1 is 1.00 bits per heavy atom. The van der Waals surface area contributed by atoms with E-state index in [1.54, 1.807) is 0 Å². The molecule has 0 radical (unpaired) electrons. The number of hydrogen-bond acceptors (Lipinski definition) is 4. The Bertz CT molecular complexity index is 675. The van der Waals surface area contributed by atoms with Gasteiger partial charge in [0.1, 0.15) is 6.61 Å². The molecule has 2 aromatic carbocycles. The average molecular weight is 400 g/mol. The third-order valence-electron chi connectivity index (χ3n) is 3.78. The molecule has 2 rings (SSSR count). The van der Waals surface area contributed by atoms with Gasteiger partial charge in [0.25, 0.3) is 0 Å². The maximum Gasteiger partial charge on any atom is 0.161 e. The van der Waals surface area contributed by atoms with Gasteiger partial charge >= 0.3 is 0 Å². The monoisotopic (exact) mass is 399 g/mol. The SMILES string of the molecule is CCOc1cc(CNC(C)(C)CO)ccc1OCc1ccc(Cl)cc1.Cl. The van der Waals surface area contributed by atoms with Crippen molar-refractivity contribution in [3.63, 3.8) is 0 Å². The van der Waals surface area contributed by atoms with Crippen LogP contribution < -0.4 is 14.8 Å². The summed E-state index contributed by atoms with van der Waals surface area (Å²) in [6.45, 7) is 7.60. The lowest BCUT2D eigenvalue weighted by atomic mass is 10.1. The highest BCUT2D eigenvalue weighted by atomic mass is 35.5. The van der Waals surface area contributed by atoms with Crippen LogP contribution in [0.3, 0.4) is 0 Å². The van der Waals surface area contributed by atoms with E-state index in [2.05, 4.69) is 5.32 Å². The predicted molar refractivity (Wildman–Crippen MR) is 109 cm³/mol. The summed E-state index contributed by atoms with van der Waals surface area (Å²) >= 11 is 5.90. The summed E-state index contributed by atoms with van der Waals surface area (Å²) in [7, 11) is 0. The molecular formula is C20H27Cl2NO3. The number of aliphatic hydroxyl groups excluding tert-OH is 1. The lowest BCUT2D eigenvalue weighted by molar-refractivity contribution is 0.187. The molecule has 2 N–H and O–H groups in total. The minimum absolute atomic E-state index is 0. The number of hydrogen-bond donors (Lipinski definition) is 2. The zero-order valence-electron chi connectivity index (χ0n) is 15.4. The molecule has 0 spiro atoms. The van der Waals surface area contributed by atoms with Crippen LogP contribution >= 0.6 is 24.0 Å². The molecule has 0 amide bonds. The Morgan fingerprint density at radius 2 is 1.65 bits per heavy atom. The second-order valence-electron chi connectivity index (χ2n) is 6.52. The van der Waals surface area contributed by atoms with Crippen LogP contribution in [0.2, 0.25) is 5.02 Å². The lowest BCUT2D eigenvalue weighted by Gasteiger charge is -2.24. The molecule has 0 bridgehead atoms. The molecule has 2 aromatic rings. The minimum Gasteiger partial charge on any atom is -0.490 e. The van der Waals surface area contributed by atoms with E-state index in [0.29, 0.717) is 30.5 Å². The van der Waals surface area contributed by atoms with Crippen molar-refractivity contribution in [3.8, 4) is 11.5 Å². The van der Waals surface area contributed by atoms with E-state index in [1.165, 1.54) is 0 Å². The van der Waals surface area contributed by atoms with E-state index < -0.39 is 0 Å². The van der Waals surface area contributed by atoms with Gasteiger partial charge in [-0.3, -0.25) is 0 Å². The van der Waals surface area contributed by atoms with Crippen LogP contribution in [0.15, 0.2) is 42.5 Å². The topological polar surface area (TPSA) is 50.7 Å². The van der Waals surface area contributed by atoms with Crippen LogP contribution in [0.4, 0.5) is 0 Å². The number of ether oxygens (including phenoxy) is 2. The second-order valence-corrected chi connectivity index (χ2v) is 6.96. The fraction of sp³-hybridized carbons (Fsp3) is 0.400. The molecule has 4 nitrogen and oxygen atoms in total. The van der Waals surface area contributed by atoms with Crippen LogP contribution in [0, 0.1) is 0 Å². The first kappa shape index (κ1) is 22.6. The molecule has 0 aliphatic rings. The van der Waals surface area contributed by atoms with Gasteiger partial charge in [0.05, 0.1) is 13.2 Å². The van der Waals surface area contributed by atoms with Crippen LogP contribution in [0.25, 0.3) is 0 Å². The highest BCUT2D eigenvalue weighted by Gasteiger charge is 2.15. The third kappa shape index (κ3) is 7.04. The van der Waals surface area contributed by atoms with Crippen molar-refractivity contribution in [1.29, 1.82) is 0 Å². The van der Waals surface area contributed by atoms with Crippen molar-refractivity contribution in [2.45, 2.75) is 39.5 Å². The molecule has 0 unspecified atom stereocenters. The average Bonchev–Trinajstić information content (AvgIpc) is 2.61. The van der Waals surface area contributed by atoms with E-state index >= 15 is 0 Å². The molecule has 0 saturated heterocycles. The molecule has 0 saturated carbocycles. The molecule has 0 atom stereocenters. The number of nitrogens with one attached hydrogen (secondary N) is 1. The molecule has 0 aromatic heterocycles. The highest BCUT2D eigenvalue weighted by Crippen LogP contribution is 2.29. The summed E-state index contributed by atoms with van der Waals surface area (Å²) in [5, 5.41) is 13.4. The van der Waals surface area contributed by atoms with Crippen LogP contribution in [0.1, 0.15) is 31.9 Å². The van der Waals surface area contributed by atoms with Gasteiger partial charge in [-0.25, -0.2) is 0 Å². The van der Waals surface area contributed by atoms with Gasteiger partial charge in [-0.2, -0.15) is 0 Å². The van der Waals surface area contributed by atoms with Gasteiger partial charge in [0.2, 0.25) is 0 Å². The van der Waals surface area contributed by atoms with Crippen molar-refractivity contribution in [2.24, 2.45) is 0 Å². The molecule has 0 heterocycles. The predicted octanol–water partition coefficient (Wildman–Crippen LogP) is 4.60. The Morgan fingerprint density at radius 3 is 2.27 bits per heavy atom. The van der Waals surface area contributed by atoms with Crippen LogP contribution in [0.5, 0.6) is 11.5 Å². The third-order valence-corrected chi connectivity index (χ3v) is 4.03. The smallest absolute Gasteiger partial charge is 0.161 e. The molecule has 144 valence electrons. The van der Waals surface area contributed by atoms with Crippen molar-refractivity contribution in [1.82, 2.24) is 5.32 Å². The molecule has 0 fully saturated rings. The summed E-state index contributed by atoms with van der Waals surface area (Å²) in [5.74, 6) is 1.43. The number of rotatable bonds is 9. The van der Waals surface area contributed by atoms with Gasteiger partial charge in [-0.15, -0.1) is 12.4 Å². The zero-order valence-corrected chi connectivity index (χ0v) is 17.0. The summed E-state index contributed by atoms with van der Waals surface area (Å²) in [6.07, 6.45) is 0. The lowest BCUT2D eigenvalue weighted by Crippen LogP contribution is -2.42. The van der Waals surface area contributed by atoms with Gasteiger partial charge in [-0.05, 0) is 56.2 Å². The van der Waals surface area contributed by atoms with Crippen molar-refractivity contribution in [2.75, 3.05) is 13.2 Å². The van der Waals surface area contributed by atoms with E-state index in [-0.39, 0.29) is 24.6 Å². The maximum atomic E-state index is 9.33. The largest absolute Gasteiger partial charge is 0.490 e. The van der Waals surface area contributed by atoms with E-state index in [9.17, 15) is 5.11 Å². The Hall–Kier alpha value is -1.46. The zero-order chi connectivity index (χ0) is 18.3. The first-order valence-corrected chi connectivity index (χ1v) is 8.80. The van der Waals surface area contributed by atoms with Gasteiger partial charge in [-0.1, -0.05) is 29.8 Å². The second kappa shape index (κ2) is 10.6. The number of benzene rings is 2. The van der Waals surface area contributed by atoms with Crippen LogP contribution in [-0.2, 0) is 13.2 Å². The Balaban J connectivity index is 0.00000338. The van der Waals surface area contributed by atoms with Crippen LogP contribution in [-0.4, -0.2) is 23.9 Å². The quantitative estimate of drug-likeness (QED) is 0.646. The fourth-order valence-electron chi connectivity index (χ4n) is 2.19. The molecular weight excluding hydrogens is 373 g/mol. The summed E-state index contributed by atoms with van der Waals surface area (Å²) in [4.78, 5) is 0. The maximum absolute atomic E-state index is 9.33. The first-order chi connectivity index (χ1) is 11.9. The number of aliphatic hydroxyl groups is 1. The van der Waals surface area contributed by atoms with Crippen molar-refractivity contribution < 1.29 is 14.6 Å². The summed E-state index contributed by atoms with van der Waals surface area (Å²) in [5.41, 5.74) is 1.79. The van der Waals surface area contributed by atoms with E-state index in [4.69, 9.17) is 21.1 Å². The fourth-order valence-corrected chi connectivity index (χ4v) is 2.31.